The van der Waals surface area contributed by atoms with Gasteiger partial charge in [0.15, 0.2) is 0 Å². The lowest BCUT2D eigenvalue weighted by Crippen LogP contribution is -2.50. The number of carbonyl (C=O) groups excluding carboxylic acids is 2. The number of nitrogens with zero attached hydrogens (tertiary/aromatic N) is 1. The molecule has 2 rings (SSSR count). The molecule has 1 saturated carbocycles. The summed E-state index contributed by atoms with van der Waals surface area (Å²) >= 11 is 0. The number of ether oxygens (including phenoxy) is 3. The van der Waals surface area contributed by atoms with Gasteiger partial charge in [0.1, 0.15) is 0 Å². The van der Waals surface area contributed by atoms with Gasteiger partial charge in [0.2, 0.25) is 0 Å². The average molecular weight is 313 g/mol. The van der Waals surface area contributed by atoms with E-state index in [1.165, 1.54) is 33.5 Å². The number of piperidine rings is 1. The van der Waals surface area contributed by atoms with E-state index in [1.807, 2.05) is 0 Å². The Morgan fingerprint density at radius 3 is 2.41 bits per heavy atom. The van der Waals surface area contributed by atoms with Crippen LogP contribution in [-0.4, -0.2) is 56.5 Å². The summed E-state index contributed by atoms with van der Waals surface area (Å²) in [4.78, 5) is 25.4. The van der Waals surface area contributed by atoms with E-state index in [9.17, 15) is 9.59 Å². The molecule has 1 amide bonds. The normalized spacial score (nSPS) is 26.5. The van der Waals surface area contributed by atoms with Gasteiger partial charge in [0.05, 0.1) is 38.9 Å². The fourth-order valence-electron chi connectivity index (χ4n) is 3.43. The fraction of sp³-hybridized carbons (Fsp3) is 0.875. The van der Waals surface area contributed by atoms with Gasteiger partial charge in [-0.25, -0.2) is 4.79 Å². The van der Waals surface area contributed by atoms with Crippen LogP contribution in [0.25, 0.3) is 0 Å². The molecule has 1 aliphatic heterocycles. The van der Waals surface area contributed by atoms with Gasteiger partial charge in [-0.1, -0.05) is 19.3 Å². The van der Waals surface area contributed by atoms with E-state index in [0.717, 1.165) is 12.8 Å². The minimum atomic E-state index is -0.347. The Bertz CT molecular complexity index is 381. The van der Waals surface area contributed by atoms with Crippen LogP contribution in [0.1, 0.15) is 44.9 Å². The molecule has 6 nitrogen and oxygen atoms in total. The molecule has 6 heteroatoms. The van der Waals surface area contributed by atoms with Crippen LogP contribution in [0.5, 0.6) is 0 Å². The molecule has 0 aromatic carbocycles. The minimum Gasteiger partial charge on any atom is -0.469 e. The molecule has 1 heterocycles. The summed E-state index contributed by atoms with van der Waals surface area (Å²) in [5, 5.41) is 0. The van der Waals surface area contributed by atoms with Crippen molar-refractivity contribution >= 4 is 12.1 Å². The molecule has 0 bridgehead atoms. The third-order valence-corrected chi connectivity index (χ3v) is 4.74. The van der Waals surface area contributed by atoms with Gasteiger partial charge in [0, 0.05) is 6.54 Å². The van der Waals surface area contributed by atoms with Crippen molar-refractivity contribution in [1.29, 1.82) is 0 Å². The molecule has 1 aliphatic carbocycles. The highest BCUT2D eigenvalue weighted by atomic mass is 16.5. The quantitative estimate of drug-likeness (QED) is 0.745. The molecular formula is C16H27NO5. The van der Waals surface area contributed by atoms with Gasteiger partial charge in [-0.05, 0) is 25.7 Å². The lowest BCUT2D eigenvalue weighted by atomic mass is 9.91. The molecule has 2 unspecified atom stereocenters. The van der Waals surface area contributed by atoms with Crippen LogP contribution in [0.15, 0.2) is 0 Å². The Hall–Kier alpha value is -1.30. The first-order valence-corrected chi connectivity index (χ1v) is 8.19. The van der Waals surface area contributed by atoms with E-state index in [0.29, 0.717) is 26.0 Å². The Morgan fingerprint density at radius 2 is 1.77 bits per heavy atom. The Kier molecular flexibility index (Phi) is 6.49. The number of methoxy groups -OCH3 is 2. The van der Waals surface area contributed by atoms with Crippen LogP contribution in [0.2, 0.25) is 0 Å². The number of rotatable bonds is 4. The first-order chi connectivity index (χ1) is 10.7. The number of amides is 1. The minimum absolute atomic E-state index is 0.118. The zero-order valence-corrected chi connectivity index (χ0v) is 13.6. The first kappa shape index (κ1) is 17.1. The van der Waals surface area contributed by atoms with Crippen LogP contribution >= 0.6 is 0 Å². The number of hydrogen-bond donors (Lipinski definition) is 0. The van der Waals surface area contributed by atoms with E-state index in [1.54, 1.807) is 4.90 Å². The first-order valence-electron chi connectivity index (χ1n) is 8.19. The monoisotopic (exact) mass is 313 g/mol. The van der Waals surface area contributed by atoms with Gasteiger partial charge < -0.3 is 19.1 Å². The van der Waals surface area contributed by atoms with Crippen molar-refractivity contribution < 1.29 is 23.8 Å². The SMILES string of the molecule is COC(=O)C1CCN(C(=O)OC)C(COC2CCCCC2)C1. The number of carbonyl (C=O) groups is 2. The maximum absolute atomic E-state index is 11.9. The smallest absolute Gasteiger partial charge is 0.409 e. The van der Waals surface area contributed by atoms with Gasteiger partial charge in [-0.2, -0.15) is 0 Å². The van der Waals surface area contributed by atoms with Crippen molar-refractivity contribution in [3.63, 3.8) is 0 Å². The van der Waals surface area contributed by atoms with Gasteiger partial charge in [0.25, 0.3) is 0 Å². The van der Waals surface area contributed by atoms with Crippen molar-refractivity contribution in [2.45, 2.75) is 57.1 Å². The highest BCUT2D eigenvalue weighted by Gasteiger charge is 2.36. The van der Waals surface area contributed by atoms with E-state index < -0.39 is 0 Å². The molecular weight excluding hydrogens is 286 g/mol. The van der Waals surface area contributed by atoms with Crippen molar-refractivity contribution in [2.75, 3.05) is 27.4 Å². The summed E-state index contributed by atoms with van der Waals surface area (Å²) in [6.07, 6.45) is 7.00. The topological polar surface area (TPSA) is 65.1 Å². The second kappa shape index (κ2) is 8.36. The molecule has 126 valence electrons. The maximum Gasteiger partial charge on any atom is 0.409 e. The summed E-state index contributed by atoms with van der Waals surface area (Å²) in [6.45, 7) is 0.971. The fourth-order valence-corrected chi connectivity index (χ4v) is 3.43. The van der Waals surface area contributed by atoms with Crippen LogP contribution < -0.4 is 0 Å². The van der Waals surface area contributed by atoms with Crippen LogP contribution in [-0.2, 0) is 19.0 Å². The summed E-state index contributed by atoms with van der Waals surface area (Å²) < 4.78 is 15.7. The third kappa shape index (κ3) is 4.35. The third-order valence-electron chi connectivity index (χ3n) is 4.74. The second-order valence-electron chi connectivity index (χ2n) is 6.16. The standard InChI is InChI=1S/C16H27NO5/c1-20-15(18)12-8-9-17(16(19)21-2)13(10-12)11-22-14-6-4-3-5-7-14/h12-14H,3-11H2,1-2H3. The lowest BCUT2D eigenvalue weighted by Gasteiger charge is -2.38. The van der Waals surface area contributed by atoms with Crippen molar-refractivity contribution in [2.24, 2.45) is 5.92 Å². The zero-order valence-electron chi connectivity index (χ0n) is 13.6. The number of hydrogen-bond acceptors (Lipinski definition) is 5. The lowest BCUT2D eigenvalue weighted by molar-refractivity contribution is -0.148. The average Bonchev–Trinajstić information content (AvgIpc) is 2.59. The molecule has 0 aromatic rings. The van der Waals surface area contributed by atoms with E-state index in [-0.39, 0.29) is 30.1 Å². The summed E-state index contributed by atoms with van der Waals surface area (Å²) in [6, 6.07) is -0.118. The van der Waals surface area contributed by atoms with Crippen LogP contribution in [0.3, 0.4) is 0 Å². The Morgan fingerprint density at radius 1 is 1.05 bits per heavy atom. The van der Waals surface area contributed by atoms with Crippen molar-refractivity contribution in [3.8, 4) is 0 Å². The van der Waals surface area contributed by atoms with Gasteiger partial charge in [-0.15, -0.1) is 0 Å². The molecule has 2 fully saturated rings. The van der Waals surface area contributed by atoms with E-state index in [2.05, 4.69) is 0 Å². The van der Waals surface area contributed by atoms with Crippen molar-refractivity contribution in [1.82, 2.24) is 4.90 Å². The number of likely N-dealkylation sites (tertiary alicyclic amines) is 1. The largest absolute Gasteiger partial charge is 0.469 e. The molecule has 0 radical (unpaired) electrons. The molecule has 1 saturated heterocycles. The van der Waals surface area contributed by atoms with E-state index >= 15 is 0 Å². The molecule has 0 spiro atoms. The summed E-state index contributed by atoms with van der Waals surface area (Å²) in [5.41, 5.74) is 0. The predicted molar refractivity (Wildman–Crippen MR) is 80.5 cm³/mol. The predicted octanol–water partition coefficient (Wildman–Crippen LogP) is 2.36. The second-order valence-corrected chi connectivity index (χ2v) is 6.16. The highest BCUT2D eigenvalue weighted by molar-refractivity contribution is 5.73. The molecule has 2 aliphatic rings. The Balaban J connectivity index is 1.93. The molecule has 0 aromatic heterocycles. The van der Waals surface area contributed by atoms with Crippen molar-refractivity contribution in [3.05, 3.63) is 0 Å². The van der Waals surface area contributed by atoms with Crippen LogP contribution in [0.4, 0.5) is 4.79 Å². The number of esters is 1. The highest BCUT2D eigenvalue weighted by Crippen LogP contribution is 2.27. The van der Waals surface area contributed by atoms with Gasteiger partial charge in [-0.3, -0.25) is 4.79 Å². The summed E-state index contributed by atoms with van der Waals surface area (Å²) in [7, 11) is 2.79. The maximum atomic E-state index is 11.9. The van der Waals surface area contributed by atoms with Crippen LogP contribution in [0, 0.1) is 5.92 Å². The van der Waals surface area contributed by atoms with Gasteiger partial charge >= 0.3 is 12.1 Å². The zero-order chi connectivity index (χ0) is 15.9. The molecule has 2 atom stereocenters. The Labute approximate surface area is 132 Å². The van der Waals surface area contributed by atoms with E-state index in [4.69, 9.17) is 14.2 Å². The molecule has 22 heavy (non-hydrogen) atoms. The molecule has 0 N–H and O–H groups in total. The summed E-state index contributed by atoms with van der Waals surface area (Å²) in [5.74, 6) is -0.363.